The molecule has 9 heavy (non-hydrogen) atoms. The summed E-state index contributed by atoms with van der Waals surface area (Å²) in [6, 6.07) is 0. The zero-order valence-electron chi connectivity index (χ0n) is 5.59. The minimum Gasteiger partial charge on any atom is -0.466 e. The number of thioether (sulfide) groups is 1. The first-order chi connectivity index (χ1) is 4.31. The van der Waals surface area contributed by atoms with Gasteiger partial charge >= 0.3 is 5.97 Å². The van der Waals surface area contributed by atoms with Crippen LogP contribution in [0, 0.1) is 0 Å². The van der Waals surface area contributed by atoms with E-state index >= 15 is 0 Å². The van der Waals surface area contributed by atoms with Crippen molar-refractivity contribution in [2.45, 2.75) is 6.92 Å². The molecule has 0 radical (unpaired) electrons. The fraction of sp³-hybridized carbons (Fsp3) is 0.500. The largest absolute Gasteiger partial charge is 0.466 e. The van der Waals surface area contributed by atoms with Gasteiger partial charge in [0.05, 0.1) is 7.11 Å². The van der Waals surface area contributed by atoms with Crippen LogP contribution in [-0.4, -0.2) is 18.8 Å². The summed E-state index contributed by atoms with van der Waals surface area (Å²) < 4.78 is 4.36. The molecule has 0 fully saturated rings. The quantitative estimate of drug-likeness (QED) is 0.445. The molecule has 0 rings (SSSR count). The summed E-state index contributed by atoms with van der Waals surface area (Å²) in [4.78, 5) is 10.4. The second kappa shape index (κ2) is 5.69. The highest BCUT2D eigenvalue weighted by Crippen LogP contribution is 1.99. The molecule has 0 amide bonds. The van der Waals surface area contributed by atoms with Gasteiger partial charge in [0.1, 0.15) is 0 Å². The molecule has 0 aliphatic carbocycles. The molecule has 0 N–H and O–H groups in total. The molecule has 0 aromatic carbocycles. The summed E-state index contributed by atoms with van der Waals surface area (Å²) in [6.07, 6.45) is 1.41. The summed E-state index contributed by atoms with van der Waals surface area (Å²) in [5, 5.41) is 1.73. The molecule has 0 saturated heterocycles. The predicted molar refractivity (Wildman–Crippen MR) is 39.3 cm³/mol. The molecule has 0 saturated carbocycles. The van der Waals surface area contributed by atoms with Crippen LogP contribution in [0.4, 0.5) is 0 Å². The van der Waals surface area contributed by atoms with Gasteiger partial charge in [0, 0.05) is 6.08 Å². The number of hydrogen-bond donors (Lipinski definition) is 0. The Kier molecular flexibility index (Phi) is 5.41. The van der Waals surface area contributed by atoms with Gasteiger partial charge < -0.3 is 4.74 Å². The lowest BCUT2D eigenvalue weighted by atomic mass is 10.7. The number of rotatable bonds is 3. The number of esters is 1. The van der Waals surface area contributed by atoms with Gasteiger partial charge in [0.25, 0.3) is 0 Å². The van der Waals surface area contributed by atoms with Crippen LogP contribution >= 0.6 is 11.8 Å². The van der Waals surface area contributed by atoms with Crippen LogP contribution in [0.2, 0.25) is 0 Å². The third kappa shape index (κ3) is 5.43. The van der Waals surface area contributed by atoms with Crippen molar-refractivity contribution in [3.8, 4) is 0 Å². The lowest BCUT2D eigenvalue weighted by Gasteiger charge is -1.87. The molecule has 3 heteroatoms. The molecular formula is C6H10O2S. The average Bonchev–Trinajstić information content (AvgIpc) is 1.89. The van der Waals surface area contributed by atoms with Crippen molar-refractivity contribution in [3.05, 3.63) is 11.5 Å². The van der Waals surface area contributed by atoms with Crippen molar-refractivity contribution in [1.82, 2.24) is 0 Å². The van der Waals surface area contributed by atoms with E-state index in [0.717, 1.165) is 5.75 Å². The molecule has 0 aromatic rings. The number of methoxy groups -OCH3 is 1. The smallest absolute Gasteiger partial charge is 0.330 e. The zero-order valence-corrected chi connectivity index (χ0v) is 6.40. The monoisotopic (exact) mass is 146 g/mol. The van der Waals surface area contributed by atoms with Gasteiger partial charge in [-0.05, 0) is 11.2 Å². The third-order valence-electron chi connectivity index (χ3n) is 0.668. The Balaban J connectivity index is 3.32. The molecule has 0 unspecified atom stereocenters. The minimum atomic E-state index is -0.295. The number of hydrogen-bond acceptors (Lipinski definition) is 3. The van der Waals surface area contributed by atoms with Crippen molar-refractivity contribution >= 4 is 17.7 Å². The van der Waals surface area contributed by atoms with E-state index in [9.17, 15) is 4.79 Å². The number of ether oxygens (including phenoxy) is 1. The molecule has 0 spiro atoms. The molecule has 0 heterocycles. The van der Waals surface area contributed by atoms with E-state index in [4.69, 9.17) is 0 Å². The fourth-order valence-electron chi connectivity index (χ4n) is 0.268. The van der Waals surface area contributed by atoms with Crippen LogP contribution in [0.5, 0.6) is 0 Å². The molecule has 0 atom stereocenters. The Bertz CT molecular complexity index is 110. The Hall–Kier alpha value is -0.440. The first-order valence-corrected chi connectivity index (χ1v) is 3.72. The standard InChI is InChI=1S/C6H10O2S/c1-3-9-5-4-6(7)8-2/h4-5H,3H2,1-2H3/b5-4-. The first kappa shape index (κ1) is 8.56. The second-order valence-electron chi connectivity index (χ2n) is 1.28. The van der Waals surface area contributed by atoms with Crippen molar-refractivity contribution in [3.63, 3.8) is 0 Å². The van der Waals surface area contributed by atoms with Gasteiger partial charge in [-0.2, -0.15) is 0 Å². The third-order valence-corrected chi connectivity index (χ3v) is 1.33. The van der Waals surface area contributed by atoms with E-state index in [2.05, 4.69) is 4.74 Å². The van der Waals surface area contributed by atoms with Crippen LogP contribution in [0.15, 0.2) is 11.5 Å². The minimum absolute atomic E-state index is 0.295. The lowest BCUT2D eigenvalue weighted by molar-refractivity contribution is -0.134. The predicted octanol–water partition coefficient (Wildman–Crippen LogP) is 1.43. The van der Waals surface area contributed by atoms with Gasteiger partial charge in [-0.15, -0.1) is 11.8 Å². The van der Waals surface area contributed by atoms with Crippen LogP contribution < -0.4 is 0 Å². The van der Waals surface area contributed by atoms with E-state index in [1.807, 2.05) is 6.92 Å². The number of carbonyl (C=O) groups excluding carboxylic acids is 1. The van der Waals surface area contributed by atoms with E-state index in [1.165, 1.54) is 13.2 Å². The molecule has 2 nitrogen and oxygen atoms in total. The normalized spacial score (nSPS) is 10.0. The number of carbonyl (C=O) groups is 1. The highest BCUT2D eigenvalue weighted by molar-refractivity contribution is 8.02. The van der Waals surface area contributed by atoms with Crippen molar-refractivity contribution in [2.24, 2.45) is 0 Å². The van der Waals surface area contributed by atoms with Crippen molar-refractivity contribution in [1.29, 1.82) is 0 Å². The SMILES string of the molecule is CCS/C=C\C(=O)OC. The summed E-state index contributed by atoms with van der Waals surface area (Å²) in [6.45, 7) is 2.02. The van der Waals surface area contributed by atoms with Crippen molar-refractivity contribution < 1.29 is 9.53 Å². The Labute approximate surface area is 59.3 Å². The maximum absolute atomic E-state index is 10.4. The maximum atomic E-state index is 10.4. The topological polar surface area (TPSA) is 26.3 Å². The lowest BCUT2D eigenvalue weighted by Crippen LogP contribution is -1.92. The summed E-state index contributed by atoms with van der Waals surface area (Å²) >= 11 is 1.57. The highest BCUT2D eigenvalue weighted by Gasteiger charge is 1.87. The van der Waals surface area contributed by atoms with Crippen LogP contribution in [0.25, 0.3) is 0 Å². The molecule has 0 aliphatic rings. The van der Waals surface area contributed by atoms with E-state index in [0.29, 0.717) is 0 Å². The van der Waals surface area contributed by atoms with Gasteiger partial charge in [-0.3, -0.25) is 0 Å². The summed E-state index contributed by atoms with van der Waals surface area (Å²) in [5.74, 6) is 0.684. The Morgan fingerprint density at radius 3 is 2.89 bits per heavy atom. The van der Waals surface area contributed by atoms with Gasteiger partial charge in [0.2, 0.25) is 0 Å². The molecular weight excluding hydrogens is 136 g/mol. The van der Waals surface area contributed by atoms with E-state index < -0.39 is 0 Å². The summed E-state index contributed by atoms with van der Waals surface area (Å²) in [7, 11) is 1.36. The molecule has 0 aromatic heterocycles. The first-order valence-electron chi connectivity index (χ1n) is 2.67. The van der Waals surface area contributed by atoms with Gasteiger partial charge in [-0.1, -0.05) is 6.92 Å². The summed E-state index contributed by atoms with van der Waals surface area (Å²) in [5.41, 5.74) is 0. The second-order valence-corrected chi connectivity index (χ2v) is 2.46. The van der Waals surface area contributed by atoms with Crippen molar-refractivity contribution in [2.75, 3.05) is 12.9 Å². The maximum Gasteiger partial charge on any atom is 0.330 e. The van der Waals surface area contributed by atoms with Crippen LogP contribution in [-0.2, 0) is 9.53 Å². The highest BCUT2D eigenvalue weighted by atomic mass is 32.2. The van der Waals surface area contributed by atoms with E-state index in [-0.39, 0.29) is 5.97 Å². The average molecular weight is 146 g/mol. The Morgan fingerprint density at radius 2 is 2.44 bits per heavy atom. The zero-order chi connectivity index (χ0) is 7.11. The van der Waals surface area contributed by atoms with Crippen LogP contribution in [0.1, 0.15) is 6.92 Å². The fourth-order valence-corrected chi connectivity index (χ4v) is 0.668. The van der Waals surface area contributed by atoms with Gasteiger partial charge in [-0.25, -0.2) is 4.79 Å². The molecule has 0 bridgehead atoms. The molecule has 0 aliphatic heterocycles. The van der Waals surface area contributed by atoms with Crippen LogP contribution in [0.3, 0.4) is 0 Å². The molecule has 52 valence electrons. The van der Waals surface area contributed by atoms with E-state index in [1.54, 1.807) is 17.2 Å². The Morgan fingerprint density at radius 1 is 1.78 bits per heavy atom. The van der Waals surface area contributed by atoms with Gasteiger partial charge in [0.15, 0.2) is 0 Å².